The summed E-state index contributed by atoms with van der Waals surface area (Å²) in [6, 6.07) is 4.84. The second-order valence-electron chi connectivity index (χ2n) is 4.91. The van der Waals surface area contributed by atoms with Crippen LogP contribution in [-0.2, 0) is 10.2 Å². The average molecular weight is 241 g/mol. The number of aliphatic carboxylic acids is 1. The van der Waals surface area contributed by atoms with Crippen molar-refractivity contribution in [3.8, 4) is 5.75 Å². The number of carboxylic acids is 1. The molecule has 0 aliphatic heterocycles. The Kier molecular flexibility index (Phi) is 2.21. The molecule has 0 aromatic heterocycles. The molecule has 0 spiro atoms. The van der Waals surface area contributed by atoms with Crippen molar-refractivity contribution < 1.29 is 15.0 Å². The summed E-state index contributed by atoms with van der Waals surface area (Å²) in [5.74, 6) is -1.02. The van der Waals surface area contributed by atoms with Gasteiger partial charge < -0.3 is 10.2 Å². The number of phenolic OH excluding ortho intramolecular Hbond substituents is 1. The number of carboxylic acid groups (broad SMARTS) is 1. The number of hydrogen-bond acceptors (Lipinski definition) is 2. The Bertz CT molecular complexity index is 467. The summed E-state index contributed by atoms with van der Waals surface area (Å²) in [5, 5.41) is 19.4. The fraction of sp³-hybridized carbons (Fsp3) is 0.417. The zero-order chi connectivity index (χ0) is 12.1. The van der Waals surface area contributed by atoms with Crippen LogP contribution in [0.3, 0.4) is 0 Å². The number of rotatable bonds is 2. The van der Waals surface area contributed by atoms with Gasteiger partial charge in [-0.3, -0.25) is 4.79 Å². The highest BCUT2D eigenvalue weighted by Gasteiger charge is 2.68. The van der Waals surface area contributed by atoms with Crippen molar-refractivity contribution in [3.63, 3.8) is 0 Å². The molecule has 2 N–H and O–H groups in total. The van der Waals surface area contributed by atoms with Crippen molar-refractivity contribution >= 4 is 17.6 Å². The van der Waals surface area contributed by atoms with Crippen LogP contribution in [0.25, 0.3) is 0 Å². The minimum Gasteiger partial charge on any atom is -0.506 e. The van der Waals surface area contributed by atoms with Gasteiger partial charge in [-0.1, -0.05) is 37.6 Å². The van der Waals surface area contributed by atoms with Crippen molar-refractivity contribution in [1.82, 2.24) is 0 Å². The lowest BCUT2D eigenvalue weighted by molar-refractivity contribution is -0.141. The third-order valence-corrected chi connectivity index (χ3v) is 3.85. The molecule has 1 saturated carbocycles. The molecule has 3 nitrogen and oxygen atoms in total. The molecule has 0 radical (unpaired) electrons. The molecule has 86 valence electrons. The summed E-state index contributed by atoms with van der Waals surface area (Å²) >= 11 is 5.80. The van der Waals surface area contributed by atoms with Crippen molar-refractivity contribution in [1.29, 1.82) is 0 Å². The number of benzene rings is 1. The standard InChI is InChI=1S/C12H13ClO3/c1-11(2)6-12(11,10(15)16)7-4-3-5-8(13)9(7)14/h3-5,14H,6H2,1-2H3,(H,15,16). The zero-order valence-corrected chi connectivity index (χ0v) is 9.88. The van der Waals surface area contributed by atoms with E-state index < -0.39 is 11.4 Å². The lowest BCUT2D eigenvalue weighted by Crippen LogP contribution is -2.25. The molecule has 1 aliphatic carbocycles. The summed E-state index contributed by atoms with van der Waals surface area (Å²) in [7, 11) is 0. The van der Waals surface area contributed by atoms with Gasteiger partial charge in [0.2, 0.25) is 0 Å². The molecule has 1 aromatic carbocycles. The van der Waals surface area contributed by atoms with Crippen LogP contribution in [-0.4, -0.2) is 16.2 Å². The van der Waals surface area contributed by atoms with E-state index in [9.17, 15) is 15.0 Å². The smallest absolute Gasteiger partial charge is 0.314 e. The monoisotopic (exact) mass is 240 g/mol. The van der Waals surface area contributed by atoms with E-state index in [1.54, 1.807) is 18.2 Å². The van der Waals surface area contributed by atoms with E-state index in [2.05, 4.69) is 0 Å². The van der Waals surface area contributed by atoms with Gasteiger partial charge in [-0.15, -0.1) is 0 Å². The minimum atomic E-state index is -0.998. The molecular weight excluding hydrogens is 228 g/mol. The first-order valence-electron chi connectivity index (χ1n) is 5.04. The fourth-order valence-corrected chi connectivity index (χ4v) is 2.59. The highest BCUT2D eigenvalue weighted by molar-refractivity contribution is 6.32. The van der Waals surface area contributed by atoms with Crippen molar-refractivity contribution in [2.75, 3.05) is 0 Å². The third kappa shape index (κ3) is 1.24. The van der Waals surface area contributed by atoms with E-state index in [-0.39, 0.29) is 16.2 Å². The first-order chi connectivity index (χ1) is 7.33. The lowest BCUT2D eigenvalue weighted by atomic mass is 9.87. The van der Waals surface area contributed by atoms with Crippen LogP contribution < -0.4 is 0 Å². The predicted octanol–water partition coefficient (Wildman–Crippen LogP) is 2.80. The summed E-state index contributed by atoms with van der Waals surface area (Å²) in [6.07, 6.45) is 0.517. The Morgan fingerprint density at radius 1 is 1.44 bits per heavy atom. The second-order valence-corrected chi connectivity index (χ2v) is 5.31. The van der Waals surface area contributed by atoms with Crippen LogP contribution in [0.5, 0.6) is 5.75 Å². The zero-order valence-electron chi connectivity index (χ0n) is 9.12. The maximum absolute atomic E-state index is 11.4. The van der Waals surface area contributed by atoms with E-state index in [0.717, 1.165) is 0 Å². The van der Waals surface area contributed by atoms with E-state index >= 15 is 0 Å². The Balaban J connectivity index is 2.60. The maximum Gasteiger partial charge on any atom is 0.314 e. The minimum absolute atomic E-state index is 0.114. The molecule has 0 saturated heterocycles. The van der Waals surface area contributed by atoms with Crippen LogP contribution in [0.2, 0.25) is 5.02 Å². The SMILES string of the molecule is CC1(C)CC1(C(=O)O)c1cccc(Cl)c1O. The highest BCUT2D eigenvalue weighted by Crippen LogP contribution is 2.66. The van der Waals surface area contributed by atoms with Gasteiger partial charge >= 0.3 is 5.97 Å². The van der Waals surface area contributed by atoms with E-state index in [1.807, 2.05) is 13.8 Å². The van der Waals surface area contributed by atoms with Crippen LogP contribution in [0, 0.1) is 5.41 Å². The molecule has 1 unspecified atom stereocenters. The third-order valence-electron chi connectivity index (χ3n) is 3.55. The molecule has 0 bridgehead atoms. The highest BCUT2D eigenvalue weighted by atomic mass is 35.5. The molecule has 1 atom stereocenters. The van der Waals surface area contributed by atoms with Gasteiger partial charge in [0.25, 0.3) is 0 Å². The van der Waals surface area contributed by atoms with Gasteiger partial charge in [0.05, 0.1) is 5.02 Å². The number of halogens is 1. The summed E-state index contributed by atoms with van der Waals surface area (Å²) in [4.78, 5) is 11.4. The lowest BCUT2D eigenvalue weighted by Gasteiger charge is -2.17. The van der Waals surface area contributed by atoms with Gasteiger partial charge in [-0.05, 0) is 17.9 Å². The Morgan fingerprint density at radius 2 is 2.00 bits per heavy atom. The van der Waals surface area contributed by atoms with Crippen LogP contribution in [0.1, 0.15) is 25.8 Å². The molecule has 0 amide bonds. The second kappa shape index (κ2) is 3.14. The van der Waals surface area contributed by atoms with Gasteiger partial charge in [0.1, 0.15) is 11.2 Å². The number of aromatic hydroxyl groups is 1. The molecular formula is C12H13ClO3. The quantitative estimate of drug-likeness (QED) is 0.836. The van der Waals surface area contributed by atoms with Crippen LogP contribution in [0.4, 0.5) is 0 Å². The summed E-state index contributed by atoms with van der Waals surface area (Å²) < 4.78 is 0. The molecule has 1 fully saturated rings. The van der Waals surface area contributed by atoms with E-state index in [1.165, 1.54) is 0 Å². The van der Waals surface area contributed by atoms with Gasteiger partial charge in [0, 0.05) is 5.56 Å². The fourth-order valence-electron chi connectivity index (χ4n) is 2.42. The Hall–Kier alpha value is -1.22. The molecule has 16 heavy (non-hydrogen) atoms. The van der Waals surface area contributed by atoms with Crippen LogP contribution in [0.15, 0.2) is 18.2 Å². The predicted molar refractivity (Wildman–Crippen MR) is 60.8 cm³/mol. The Labute approximate surface area is 98.7 Å². The molecule has 1 aliphatic rings. The van der Waals surface area contributed by atoms with Crippen molar-refractivity contribution in [2.24, 2.45) is 5.41 Å². The average Bonchev–Trinajstić information content (AvgIpc) is 2.75. The first-order valence-corrected chi connectivity index (χ1v) is 5.42. The molecule has 4 heteroatoms. The topological polar surface area (TPSA) is 57.5 Å². The van der Waals surface area contributed by atoms with Crippen molar-refractivity contribution in [2.45, 2.75) is 25.7 Å². The normalized spacial score (nSPS) is 26.4. The summed E-state index contributed by atoms with van der Waals surface area (Å²) in [5.41, 5.74) is -0.930. The first kappa shape index (κ1) is 11.3. The van der Waals surface area contributed by atoms with Crippen LogP contribution >= 0.6 is 11.6 Å². The number of carbonyl (C=O) groups is 1. The van der Waals surface area contributed by atoms with E-state index in [0.29, 0.717) is 12.0 Å². The van der Waals surface area contributed by atoms with Gasteiger partial charge in [-0.25, -0.2) is 0 Å². The molecule has 0 heterocycles. The number of hydrogen-bond donors (Lipinski definition) is 2. The Morgan fingerprint density at radius 3 is 2.44 bits per heavy atom. The van der Waals surface area contributed by atoms with E-state index in [4.69, 9.17) is 11.6 Å². The molecule has 1 aromatic rings. The van der Waals surface area contributed by atoms with Gasteiger partial charge in [-0.2, -0.15) is 0 Å². The molecule has 2 rings (SSSR count). The maximum atomic E-state index is 11.4. The number of phenols is 1. The van der Waals surface area contributed by atoms with Gasteiger partial charge in [0.15, 0.2) is 0 Å². The number of para-hydroxylation sites is 1. The van der Waals surface area contributed by atoms with Crippen molar-refractivity contribution in [3.05, 3.63) is 28.8 Å². The summed E-state index contributed by atoms with van der Waals surface area (Å²) in [6.45, 7) is 3.75. The largest absolute Gasteiger partial charge is 0.506 e.